The molecule has 0 bridgehead atoms. The van der Waals surface area contributed by atoms with Crippen molar-refractivity contribution in [3.8, 4) is 0 Å². The SMILES string of the molecule is CC(C)c1ccccc1NC(=O)NC1COCC1C(=O)O. The molecule has 1 saturated heterocycles. The van der Waals surface area contributed by atoms with Gasteiger partial charge in [0.1, 0.15) is 5.92 Å². The van der Waals surface area contributed by atoms with Crippen LogP contribution >= 0.6 is 0 Å². The minimum Gasteiger partial charge on any atom is -0.481 e. The molecule has 1 aromatic rings. The molecule has 1 aliphatic heterocycles. The molecule has 0 aromatic heterocycles. The summed E-state index contributed by atoms with van der Waals surface area (Å²) in [6.45, 7) is 4.44. The van der Waals surface area contributed by atoms with Crippen LogP contribution < -0.4 is 10.6 Å². The molecule has 0 radical (unpaired) electrons. The van der Waals surface area contributed by atoms with Gasteiger partial charge in [-0.2, -0.15) is 0 Å². The maximum absolute atomic E-state index is 12.0. The Morgan fingerprint density at radius 2 is 2.00 bits per heavy atom. The summed E-state index contributed by atoms with van der Waals surface area (Å²) in [6, 6.07) is 6.64. The predicted octanol–water partition coefficient (Wildman–Crippen LogP) is 2.03. The van der Waals surface area contributed by atoms with E-state index in [9.17, 15) is 9.59 Å². The van der Waals surface area contributed by atoms with Crippen LogP contribution in [0.1, 0.15) is 25.3 Å². The van der Waals surface area contributed by atoms with E-state index in [1.165, 1.54) is 0 Å². The van der Waals surface area contributed by atoms with Crippen LogP contribution in [0.5, 0.6) is 0 Å². The van der Waals surface area contributed by atoms with Gasteiger partial charge in [-0.05, 0) is 17.5 Å². The third kappa shape index (κ3) is 3.72. The van der Waals surface area contributed by atoms with E-state index < -0.39 is 24.0 Å². The number of rotatable bonds is 4. The normalized spacial score (nSPS) is 21.3. The topological polar surface area (TPSA) is 87.7 Å². The second-order valence-corrected chi connectivity index (χ2v) is 5.43. The van der Waals surface area contributed by atoms with Gasteiger partial charge < -0.3 is 20.5 Å². The standard InChI is InChI=1S/C15H20N2O4/c1-9(2)10-5-3-4-6-12(10)16-15(20)17-13-8-21-7-11(13)14(18)19/h3-6,9,11,13H,7-8H2,1-2H3,(H,18,19)(H2,16,17,20). The summed E-state index contributed by atoms with van der Waals surface area (Å²) in [6.07, 6.45) is 0. The molecule has 1 aliphatic rings. The number of carboxylic acids is 1. The van der Waals surface area contributed by atoms with Gasteiger partial charge in [-0.3, -0.25) is 4.79 Å². The van der Waals surface area contributed by atoms with Crippen molar-refractivity contribution in [2.24, 2.45) is 5.92 Å². The molecule has 1 heterocycles. The second kappa shape index (κ2) is 6.58. The summed E-state index contributed by atoms with van der Waals surface area (Å²) >= 11 is 0. The number of nitrogens with one attached hydrogen (secondary N) is 2. The van der Waals surface area contributed by atoms with Gasteiger partial charge in [-0.25, -0.2) is 4.79 Å². The van der Waals surface area contributed by atoms with Crippen molar-refractivity contribution in [2.45, 2.75) is 25.8 Å². The summed E-state index contributed by atoms with van der Waals surface area (Å²) in [5.74, 6) is -1.38. The van der Waals surface area contributed by atoms with Crippen LogP contribution in [-0.4, -0.2) is 36.4 Å². The first kappa shape index (κ1) is 15.3. The van der Waals surface area contributed by atoms with Crippen LogP contribution in [0.25, 0.3) is 0 Å². The minimum absolute atomic E-state index is 0.128. The van der Waals surface area contributed by atoms with Crippen molar-refractivity contribution in [1.29, 1.82) is 0 Å². The van der Waals surface area contributed by atoms with Gasteiger partial charge >= 0.3 is 12.0 Å². The van der Waals surface area contributed by atoms with Crippen molar-refractivity contribution < 1.29 is 19.4 Å². The van der Waals surface area contributed by atoms with E-state index in [-0.39, 0.29) is 19.1 Å². The lowest BCUT2D eigenvalue weighted by Gasteiger charge is -2.18. The third-order valence-corrected chi connectivity index (χ3v) is 3.55. The number of carbonyl (C=O) groups is 2. The van der Waals surface area contributed by atoms with Crippen LogP contribution in [0, 0.1) is 5.92 Å². The molecule has 2 amide bonds. The first-order chi connectivity index (χ1) is 9.99. The average Bonchev–Trinajstić information content (AvgIpc) is 2.87. The highest BCUT2D eigenvalue weighted by molar-refractivity contribution is 5.90. The maximum Gasteiger partial charge on any atom is 0.319 e. The molecule has 0 spiro atoms. The smallest absolute Gasteiger partial charge is 0.319 e. The molecular formula is C15H20N2O4. The lowest BCUT2D eigenvalue weighted by molar-refractivity contribution is -0.142. The zero-order chi connectivity index (χ0) is 15.4. The Hall–Kier alpha value is -2.08. The zero-order valence-corrected chi connectivity index (χ0v) is 12.1. The molecule has 0 saturated carbocycles. The molecular weight excluding hydrogens is 272 g/mol. The quantitative estimate of drug-likeness (QED) is 0.792. The van der Waals surface area contributed by atoms with E-state index >= 15 is 0 Å². The Kier molecular flexibility index (Phi) is 4.80. The van der Waals surface area contributed by atoms with E-state index in [1.54, 1.807) is 0 Å². The Bertz CT molecular complexity index is 530. The van der Waals surface area contributed by atoms with E-state index in [4.69, 9.17) is 9.84 Å². The molecule has 2 rings (SSSR count). The number of hydrogen-bond donors (Lipinski definition) is 3. The highest BCUT2D eigenvalue weighted by Crippen LogP contribution is 2.23. The number of ether oxygens (including phenoxy) is 1. The number of hydrogen-bond acceptors (Lipinski definition) is 3. The van der Waals surface area contributed by atoms with E-state index in [2.05, 4.69) is 10.6 Å². The van der Waals surface area contributed by atoms with Gasteiger partial charge in [0, 0.05) is 5.69 Å². The largest absolute Gasteiger partial charge is 0.481 e. The Morgan fingerprint density at radius 1 is 1.29 bits per heavy atom. The summed E-state index contributed by atoms with van der Waals surface area (Å²) in [7, 11) is 0. The molecule has 6 nitrogen and oxygen atoms in total. The number of carbonyl (C=O) groups excluding carboxylic acids is 1. The van der Waals surface area contributed by atoms with Crippen LogP contribution in [0.2, 0.25) is 0 Å². The van der Waals surface area contributed by atoms with Gasteiger partial charge in [0.25, 0.3) is 0 Å². The van der Waals surface area contributed by atoms with Crippen molar-refractivity contribution in [3.63, 3.8) is 0 Å². The Morgan fingerprint density at radius 3 is 2.67 bits per heavy atom. The summed E-state index contributed by atoms with van der Waals surface area (Å²) < 4.78 is 5.12. The van der Waals surface area contributed by atoms with Gasteiger partial charge in [0.15, 0.2) is 0 Å². The van der Waals surface area contributed by atoms with Gasteiger partial charge in [-0.1, -0.05) is 32.0 Å². The van der Waals surface area contributed by atoms with Crippen molar-refractivity contribution in [3.05, 3.63) is 29.8 Å². The van der Waals surface area contributed by atoms with Crippen LogP contribution in [0.15, 0.2) is 24.3 Å². The summed E-state index contributed by atoms with van der Waals surface area (Å²) in [5, 5.41) is 14.5. The van der Waals surface area contributed by atoms with Crippen LogP contribution in [0.3, 0.4) is 0 Å². The van der Waals surface area contributed by atoms with Crippen molar-refractivity contribution in [1.82, 2.24) is 5.32 Å². The Balaban J connectivity index is 2.01. The number of aliphatic carboxylic acids is 1. The van der Waals surface area contributed by atoms with Gasteiger partial charge in [0.05, 0.1) is 19.3 Å². The van der Waals surface area contributed by atoms with E-state index in [1.807, 2.05) is 38.1 Å². The molecule has 0 aliphatic carbocycles. The van der Waals surface area contributed by atoms with E-state index in [0.717, 1.165) is 11.3 Å². The molecule has 1 aromatic carbocycles. The van der Waals surface area contributed by atoms with Crippen molar-refractivity contribution >= 4 is 17.7 Å². The zero-order valence-electron chi connectivity index (χ0n) is 12.1. The fraction of sp³-hybridized carbons (Fsp3) is 0.467. The van der Waals surface area contributed by atoms with Crippen molar-refractivity contribution in [2.75, 3.05) is 18.5 Å². The van der Waals surface area contributed by atoms with Gasteiger partial charge in [-0.15, -0.1) is 0 Å². The summed E-state index contributed by atoms with van der Waals surface area (Å²) in [5.41, 5.74) is 1.76. The molecule has 3 N–H and O–H groups in total. The average molecular weight is 292 g/mol. The fourth-order valence-corrected chi connectivity index (χ4v) is 2.38. The molecule has 6 heteroatoms. The number of carboxylic acid groups (broad SMARTS) is 1. The second-order valence-electron chi connectivity index (χ2n) is 5.43. The Labute approximate surface area is 123 Å². The summed E-state index contributed by atoms with van der Waals surface area (Å²) in [4.78, 5) is 23.1. The first-order valence-electron chi connectivity index (χ1n) is 6.96. The number of anilines is 1. The highest BCUT2D eigenvalue weighted by Gasteiger charge is 2.35. The highest BCUT2D eigenvalue weighted by atomic mass is 16.5. The molecule has 1 fully saturated rings. The lowest BCUT2D eigenvalue weighted by Crippen LogP contribution is -2.44. The third-order valence-electron chi connectivity index (χ3n) is 3.55. The predicted molar refractivity (Wildman–Crippen MR) is 78.4 cm³/mol. The fourth-order valence-electron chi connectivity index (χ4n) is 2.38. The monoisotopic (exact) mass is 292 g/mol. The number of benzene rings is 1. The maximum atomic E-state index is 12.0. The van der Waals surface area contributed by atoms with Gasteiger partial charge in [0.2, 0.25) is 0 Å². The van der Waals surface area contributed by atoms with Crippen LogP contribution in [-0.2, 0) is 9.53 Å². The molecule has 2 atom stereocenters. The first-order valence-corrected chi connectivity index (χ1v) is 6.96. The number of urea groups is 1. The number of para-hydroxylation sites is 1. The van der Waals surface area contributed by atoms with E-state index in [0.29, 0.717) is 0 Å². The lowest BCUT2D eigenvalue weighted by atomic mass is 10.0. The molecule has 114 valence electrons. The molecule has 2 unspecified atom stereocenters. The van der Waals surface area contributed by atoms with Crippen LogP contribution in [0.4, 0.5) is 10.5 Å². The number of amides is 2. The minimum atomic E-state index is -0.958. The molecule has 21 heavy (non-hydrogen) atoms.